The summed E-state index contributed by atoms with van der Waals surface area (Å²) in [5.41, 5.74) is 3.89. The van der Waals surface area contributed by atoms with E-state index in [-0.39, 0.29) is 5.91 Å². The number of likely N-dealkylation sites (N-methyl/N-ethyl adjacent to an activating group) is 1. The standard InChI is InChI=1S/C14H14N4O/c1-15-13-7-11(16-8-17-13)9-3-4-12-10(5-9)6-14(19)18(12)2/h3-5,7-8H,6H2,1-2H3,(H,15,16,17). The average Bonchev–Trinajstić information content (AvgIpc) is 2.73. The number of hydrogen-bond acceptors (Lipinski definition) is 4. The smallest absolute Gasteiger partial charge is 0.231 e. The number of aromatic nitrogens is 2. The molecule has 5 heteroatoms. The van der Waals surface area contributed by atoms with Gasteiger partial charge in [-0.1, -0.05) is 6.07 Å². The Balaban J connectivity index is 2.03. The quantitative estimate of drug-likeness (QED) is 0.886. The zero-order valence-corrected chi connectivity index (χ0v) is 10.8. The third-order valence-corrected chi connectivity index (χ3v) is 3.38. The highest BCUT2D eigenvalue weighted by atomic mass is 16.2. The molecule has 1 aromatic heterocycles. The molecule has 0 fully saturated rings. The average molecular weight is 254 g/mol. The second kappa shape index (κ2) is 4.35. The molecule has 1 aliphatic rings. The topological polar surface area (TPSA) is 58.1 Å². The van der Waals surface area contributed by atoms with Gasteiger partial charge < -0.3 is 10.2 Å². The first-order chi connectivity index (χ1) is 9.19. The maximum Gasteiger partial charge on any atom is 0.231 e. The number of carbonyl (C=O) groups is 1. The van der Waals surface area contributed by atoms with Crippen LogP contribution in [0.2, 0.25) is 0 Å². The van der Waals surface area contributed by atoms with Crippen molar-refractivity contribution in [1.29, 1.82) is 0 Å². The van der Waals surface area contributed by atoms with Crippen LogP contribution in [0, 0.1) is 0 Å². The molecular weight excluding hydrogens is 240 g/mol. The van der Waals surface area contributed by atoms with Crippen molar-refractivity contribution in [2.45, 2.75) is 6.42 Å². The molecule has 2 heterocycles. The van der Waals surface area contributed by atoms with E-state index in [2.05, 4.69) is 15.3 Å². The molecule has 0 spiro atoms. The van der Waals surface area contributed by atoms with Gasteiger partial charge in [0, 0.05) is 31.4 Å². The van der Waals surface area contributed by atoms with E-state index in [1.807, 2.05) is 31.3 Å². The number of carbonyl (C=O) groups excluding carboxylic acids is 1. The molecule has 0 unspecified atom stereocenters. The van der Waals surface area contributed by atoms with E-state index in [1.165, 1.54) is 6.33 Å². The van der Waals surface area contributed by atoms with Gasteiger partial charge in [-0.3, -0.25) is 4.79 Å². The number of anilines is 2. The fourth-order valence-electron chi connectivity index (χ4n) is 2.28. The van der Waals surface area contributed by atoms with E-state index in [9.17, 15) is 4.79 Å². The van der Waals surface area contributed by atoms with Crippen molar-refractivity contribution >= 4 is 17.4 Å². The molecule has 0 saturated carbocycles. The van der Waals surface area contributed by atoms with Crippen LogP contribution in [-0.2, 0) is 11.2 Å². The lowest BCUT2D eigenvalue weighted by molar-refractivity contribution is -0.117. The summed E-state index contributed by atoms with van der Waals surface area (Å²) in [4.78, 5) is 21.7. The van der Waals surface area contributed by atoms with Crippen LogP contribution in [0.4, 0.5) is 11.5 Å². The van der Waals surface area contributed by atoms with E-state index in [0.717, 1.165) is 28.3 Å². The lowest BCUT2D eigenvalue weighted by Crippen LogP contribution is -2.20. The Morgan fingerprint density at radius 2 is 2.11 bits per heavy atom. The van der Waals surface area contributed by atoms with Crippen molar-refractivity contribution in [3.8, 4) is 11.3 Å². The van der Waals surface area contributed by atoms with Crippen molar-refractivity contribution in [2.75, 3.05) is 24.3 Å². The van der Waals surface area contributed by atoms with Gasteiger partial charge in [0.05, 0.1) is 12.1 Å². The fraction of sp³-hybridized carbons (Fsp3) is 0.214. The first-order valence-electron chi connectivity index (χ1n) is 6.08. The Morgan fingerprint density at radius 3 is 2.89 bits per heavy atom. The maximum absolute atomic E-state index is 11.7. The highest BCUT2D eigenvalue weighted by molar-refractivity contribution is 6.01. The van der Waals surface area contributed by atoms with Gasteiger partial charge in [-0.25, -0.2) is 9.97 Å². The molecule has 1 aromatic carbocycles. The molecule has 0 bridgehead atoms. The first-order valence-corrected chi connectivity index (χ1v) is 6.08. The molecule has 0 aliphatic carbocycles. The molecule has 1 aliphatic heterocycles. The van der Waals surface area contributed by atoms with E-state index < -0.39 is 0 Å². The SMILES string of the molecule is CNc1cc(-c2ccc3c(c2)CC(=O)N3C)ncn1. The first kappa shape index (κ1) is 11.6. The number of fused-ring (bicyclic) bond motifs is 1. The van der Waals surface area contributed by atoms with Crippen LogP contribution in [0.3, 0.4) is 0 Å². The third-order valence-electron chi connectivity index (χ3n) is 3.38. The van der Waals surface area contributed by atoms with E-state index in [0.29, 0.717) is 6.42 Å². The van der Waals surface area contributed by atoms with Crippen LogP contribution in [0.15, 0.2) is 30.6 Å². The number of benzene rings is 1. The second-order valence-electron chi connectivity index (χ2n) is 4.51. The van der Waals surface area contributed by atoms with Gasteiger partial charge >= 0.3 is 0 Å². The highest BCUT2D eigenvalue weighted by Gasteiger charge is 2.24. The minimum atomic E-state index is 0.130. The lowest BCUT2D eigenvalue weighted by atomic mass is 10.1. The summed E-state index contributed by atoms with van der Waals surface area (Å²) >= 11 is 0. The van der Waals surface area contributed by atoms with E-state index >= 15 is 0 Å². The summed E-state index contributed by atoms with van der Waals surface area (Å²) < 4.78 is 0. The van der Waals surface area contributed by atoms with Crippen LogP contribution in [0.1, 0.15) is 5.56 Å². The van der Waals surface area contributed by atoms with E-state index in [1.54, 1.807) is 11.9 Å². The van der Waals surface area contributed by atoms with Crippen molar-refractivity contribution < 1.29 is 4.79 Å². The molecule has 2 aromatic rings. The molecule has 1 N–H and O–H groups in total. The van der Waals surface area contributed by atoms with Crippen LogP contribution in [0.25, 0.3) is 11.3 Å². The Morgan fingerprint density at radius 1 is 1.26 bits per heavy atom. The van der Waals surface area contributed by atoms with Gasteiger partial charge in [-0.2, -0.15) is 0 Å². The Hall–Kier alpha value is -2.43. The molecule has 96 valence electrons. The zero-order chi connectivity index (χ0) is 13.4. The van der Waals surface area contributed by atoms with Crippen LogP contribution in [-0.4, -0.2) is 30.0 Å². The monoisotopic (exact) mass is 254 g/mol. The minimum absolute atomic E-state index is 0.130. The molecule has 19 heavy (non-hydrogen) atoms. The summed E-state index contributed by atoms with van der Waals surface area (Å²) in [5, 5.41) is 2.99. The second-order valence-corrected chi connectivity index (χ2v) is 4.51. The van der Waals surface area contributed by atoms with Gasteiger partial charge in [0.2, 0.25) is 5.91 Å². The number of hydrogen-bond donors (Lipinski definition) is 1. The molecule has 3 rings (SSSR count). The van der Waals surface area contributed by atoms with Crippen molar-refractivity contribution in [2.24, 2.45) is 0 Å². The third kappa shape index (κ3) is 1.93. The predicted molar refractivity (Wildman–Crippen MR) is 74.1 cm³/mol. The lowest BCUT2D eigenvalue weighted by Gasteiger charge is -2.10. The van der Waals surface area contributed by atoms with Crippen molar-refractivity contribution in [1.82, 2.24) is 9.97 Å². The Labute approximate surface area is 111 Å². The summed E-state index contributed by atoms with van der Waals surface area (Å²) in [6, 6.07) is 7.87. The van der Waals surface area contributed by atoms with E-state index in [4.69, 9.17) is 0 Å². The number of nitrogens with zero attached hydrogens (tertiary/aromatic N) is 3. The molecular formula is C14H14N4O. The van der Waals surface area contributed by atoms with Gasteiger partial charge in [0.15, 0.2) is 0 Å². The Kier molecular flexibility index (Phi) is 2.67. The van der Waals surface area contributed by atoms with Crippen molar-refractivity contribution in [3.63, 3.8) is 0 Å². The number of nitrogens with one attached hydrogen (secondary N) is 1. The van der Waals surface area contributed by atoms with Gasteiger partial charge in [0.25, 0.3) is 0 Å². The van der Waals surface area contributed by atoms with Crippen LogP contribution < -0.4 is 10.2 Å². The fourth-order valence-corrected chi connectivity index (χ4v) is 2.28. The van der Waals surface area contributed by atoms with Gasteiger partial charge in [0.1, 0.15) is 12.1 Å². The molecule has 0 radical (unpaired) electrons. The Bertz CT molecular complexity index is 654. The highest BCUT2D eigenvalue weighted by Crippen LogP contribution is 2.31. The summed E-state index contributed by atoms with van der Waals surface area (Å²) in [5.74, 6) is 0.907. The van der Waals surface area contributed by atoms with Crippen LogP contribution in [0.5, 0.6) is 0 Å². The predicted octanol–water partition coefficient (Wildman–Crippen LogP) is 1.70. The van der Waals surface area contributed by atoms with Gasteiger partial charge in [-0.15, -0.1) is 0 Å². The minimum Gasteiger partial charge on any atom is -0.373 e. The molecule has 1 amide bonds. The number of rotatable bonds is 2. The van der Waals surface area contributed by atoms with Crippen LogP contribution >= 0.6 is 0 Å². The summed E-state index contributed by atoms with van der Waals surface area (Å²) in [6.07, 6.45) is 2.00. The number of amides is 1. The summed E-state index contributed by atoms with van der Waals surface area (Å²) in [7, 11) is 3.63. The molecule has 5 nitrogen and oxygen atoms in total. The zero-order valence-electron chi connectivity index (χ0n) is 10.8. The molecule has 0 saturated heterocycles. The van der Waals surface area contributed by atoms with Gasteiger partial charge in [-0.05, 0) is 17.7 Å². The molecule has 0 atom stereocenters. The van der Waals surface area contributed by atoms with Crippen molar-refractivity contribution in [3.05, 3.63) is 36.2 Å². The normalized spacial score (nSPS) is 13.6. The largest absolute Gasteiger partial charge is 0.373 e. The summed E-state index contributed by atoms with van der Waals surface area (Å²) in [6.45, 7) is 0. The maximum atomic E-state index is 11.7.